The Balaban J connectivity index is 2.28. The first kappa shape index (κ1) is 16.7. The zero-order valence-electron chi connectivity index (χ0n) is 11.6. The Morgan fingerprint density at radius 1 is 1.41 bits per heavy atom. The van der Waals surface area contributed by atoms with Crippen molar-refractivity contribution in [2.75, 3.05) is 18.6 Å². The Kier molecular flexibility index (Phi) is 4.45. The molecule has 0 aliphatic carbocycles. The van der Waals surface area contributed by atoms with Crippen LogP contribution in [0.4, 0.5) is 0 Å². The highest BCUT2D eigenvalue weighted by atomic mass is 32.2. The van der Waals surface area contributed by atoms with E-state index < -0.39 is 31.9 Å². The Morgan fingerprint density at radius 3 is 2.59 bits per heavy atom. The lowest BCUT2D eigenvalue weighted by atomic mass is 10.2. The van der Waals surface area contributed by atoms with E-state index in [1.807, 2.05) is 0 Å². The third-order valence-electron chi connectivity index (χ3n) is 3.27. The number of rotatable bonds is 5. The highest BCUT2D eigenvalue weighted by Gasteiger charge is 2.31. The normalized spacial score (nSPS) is 20.7. The fourth-order valence-electron chi connectivity index (χ4n) is 2.19. The summed E-state index contributed by atoms with van der Waals surface area (Å²) in [5, 5.41) is 8.97. The van der Waals surface area contributed by atoms with Crippen LogP contribution in [0, 0.1) is 0 Å². The molecular formula is C12H15NO7S2. The molecule has 2 N–H and O–H groups in total. The van der Waals surface area contributed by atoms with Gasteiger partial charge in [-0.05, 0) is 18.6 Å². The maximum absolute atomic E-state index is 12.2. The molecule has 1 aliphatic rings. The molecule has 0 saturated carbocycles. The molecule has 122 valence electrons. The van der Waals surface area contributed by atoms with Gasteiger partial charge in [-0.25, -0.2) is 26.4 Å². The molecule has 2 rings (SSSR count). The number of carboxylic acid groups (broad SMARTS) is 1. The third-order valence-corrected chi connectivity index (χ3v) is 6.55. The summed E-state index contributed by atoms with van der Waals surface area (Å²) < 4.78 is 54.4. The van der Waals surface area contributed by atoms with Crippen molar-refractivity contribution in [3.05, 3.63) is 23.8 Å². The van der Waals surface area contributed by atoms with Gasteiger partial charge in [-0.15, -0.1) is 0 Å². The Morgan fingerprint density at radius 2 is 2.09 bits per heavy atom. The number of aromatic carboxylic acids is 1. The fraction of sp³-hybridized carbons (Fsp3) is 0.417. The molecule has 1 fully saturated rings. The number of nitrogens with one attached hydrogen (secondary N) is 1. The summed E-state index contributed by atoms with van der Waals surface area (Å²) in [5.74, 6) is -1.62. The molecule has 0 spiro atoms. The molecule has 1 aromatic rings. The van der Waals surface area contributed by atoms with Crippen LogP contribution in [0.15, 0.2) is 23.1 Å². The van der Waals surface area contributed by atoms with E-state index in [1.165, 1.54) is 7.11 Å². The molecule has 0 amide bonds. The van der Waals surface area contributed by atoms with Crippen molar-refractivity contribution in [3.8, 4) is 5.75 Å². The number of hydrogen-bond donors (Lipinski definition) is 2. The standard InChI is InChI=1S/C12H15NO7S2/c1-20-11-6-9(2-3-10(11)12(14)15)22(18,19)13-8-4-5-21(16,17)7-8/h2-3,6,8,13H,4-5,7H2,1H3,(H,14,15). The molecule has 1 aromatic carbocycles. The van der Waals surface area contributed by atoms with Crippen LogP contribution in [-0.2, 0) is 19.9 Å². The van der Waals surface area contributed by atoms with Crippen molar-refractivity contribution in [3.63, 3.8) is 0 Å². The smallest absolute Gasteiger partial charge is 0.339 e. The van der Waals surface area contributed by atoms with Gasteiger partial charge in [-0.3, -0.25) is 0 Å². The molecule has 0 radical (unpaired) electrons. The SMILES string of the molecule is COc1cc(S(=O)(=O)NC2CCS(=O)(=O)C2)ccc1C(=O)O. The summed E-state index contributed by atoms with van der Waals surface area (Å²) in [6, 6.07) is 2.67. The van der Waals surface area contributed by atoms with E-state index in [0.29, 0.717) is 0 Å². The molecule has 1 saturated heterocycles. The van der Waals surface area contributed by atoms with Crippen LogP contribution in [0.2, 0.25) is 0 Å². The first-order valence-corrected chi connectivity index (χ1v) is 9.59. The predicted octanol–water partition coefficient (Wildman–Crippen LogP) is -0.141. The van der Waals surface area contributed by atoms with Gasteiger partial charge in [0.1, 0.15) is 11.3 Å². The summed E-state index contributed by atoms with van der Waals surface area (Å²) in [7, 11) is -5.94. The van der Waals surface area contributed by atoms with Crippen molar-refractivity contribution >= 4 is 25.8 Å². The van der Waals surface area contributed by atoms with Gasteiger partial charge in [0.2, 0.25) is 10.0 Å². The number of carboxylic acids is 1. The zero-order valence-corrected chi connectivity index (χ0v) is 13.3. The highest BCUT2D eigenvalue weighted by molar-refractivity contribution is 7.92. The average Bonchev–Trinajstić information content (AvgIpc) is 2.76. The number of carbonyl (C=O) groups is 1. The lowest BCUT2D eigenvalue weighted by Gasteiger charge is -2.13. The second-order valence-corrected chi connectivity index (χ2v) is 8.83. The van der Waals surface area contributed by atoms with Gasteiger partial charge in [0.15, 0.2) is 9.84 Å². The van der Waals surface area contributed by atoms with Crippen LogP contribution in [-0.4, -0.2) is 52.6 Å². The van der Waals surface area contributed by atoms with Crippen molar-refractivity contribution in [2.24, 2.45) is 0 Å². The molecule has 1 heterocycles. The minimum atomic E-state index is -3.96. The van der Waals surface area contributed by atoms with Crippen LogP contribution in [0.3, 0.4) is 0 Å². The third kappa shape index (κ3) is 3.57. The Bertz CT molecular complexity index is 799. The van der Waals surface area contributed by atoms with Gasteiger partial charge in [0.25, 0.3) is 0 Å². The van der Waals surface area contributed by atoms with E-state index in [9.17, 15) is 21.6 Å². The number of methoxy groups -OCH3 is 1. The second-order valence-electron chi connectivity index (χ2n) is 4.89. The Labute approximate surface area is 128 Å². The van der Waals surface area contributed by atoms with Gasteiger partial charge in [-0.2, -0.15) is 0 Å². The number of benzene rings is 1. The largest absolute Gasteiger partial charge is 0.496 e. The van der Waals surface area contributed by atoms with E-state index in [1.54, 1.807) is 0 Å². The van der Waals surface area contributed by atoms with Gasteiger partial charge in [0.05, 0.1) is 23.5 Å². The van der Waals surface area contributed by atoms with Gasteiger partial charge >= 0.3 is 5.97 Å². The maximum atomic E-state index is 12.2. The van der Waals surface area contributed by atoms with Crippen molar-refractivity contribution in [1.29, 1.82) is 0 Å². The molecule has 1 atom stereocenters. The van der Waals surface area contributed by atoms with Gasteiger partial charge in [0, 0.05) is 12.1 Å². The van der Waals surface area contributed by atoms with Crippen LogP contribution in [0.1, 0.15) is 16.8 Å². The Hall–Kier alpha value is -1.65. The first-order valence-electron chi connectivity index (χ1n) is 6.29. The quantitative estimate of drug-likeness (QED) is 0.757. The minimum Gasteiger partial charge on any atom is -0.496 e. The minimum absolute atomic E-state index is 0.0541. The maximum Gasteiger partial charge on any atom is 0.339 e. The van der Waals surface area contributed by atoms with Gasteiger partial charge < -0.3 is 9.84 Å². The predicted molar refractivity (Wildman–Crippen MR) is 77.3 cm³/mol. The molecule has 0 aromatic heterocycles. The number of sulfonamides is 1. The summed E-state index contributed by atoms with van der Waals surface area (Å²) >= 11 is 0. The van der Waals surface area contributed by atoms with E-state index in [-0.39, 0.29) is 34.1 Å². The van der Waals surface area contributed by atoms with Crippen LogP contribution < -0.4 is 9.46 Å². The summed E-state index contributed by atoms with van der Waals surface area (Å²) in [4.78, 5) is 10.8. The molecule has 1 unspecified atom stereocenters. The molecule has 1 aliphatic heterocycles. The lowest BCUT2D eigenvalue weighted by Crippen LogP contribution is -2.35. The zero-order chi connectivity index (χ0) is 16.5. The van der Waals surface area contributed by atoms with Gasteiger partial charge in [-0.1, -0.05) is 0 Å². The highest BCUT2D eigenvalue weighted by Crippen LogP contribution is 2.24. The summed E-state index contributed by atoms with van der Waals surface area (Å²) in [6.45, 7) is 0. The van der Waals surface area contributed by atoms with E-state index in [2.05, 4.69) is 4.72 Å². The number of sulfone groups is 1. The lowest BCUT2D eigenvalue weighted by molar-refractivity contribution is 0.0693. The van der Waals surface area contributed by atoms with Crippen molar-refractivity contribution in [1.82, 2.24) is 4.72 Å². The molecule has 10 heteroatoms. The first-order chi connectivity index (χ1) is 10.1. The van der Waals surface area contributed by atoms with Crippen LogP contribution in [0.5, 0.6) is 5.75 Å². The average molecular weight is 349 g/mol. The summed E-state index contributed by atoms with van der Waals surface area (Å²) in [5.41, 5.74) is -0.162. The molecule has 0 bridgehead atoms. The van der Waals surface area contributed by atoms with Crippen LogP contribution >= 0.6 is 0 Å². The summed E-state index contributed by atoms with van der Waals surface area (Å²) in [6.07, 6.45) is 0.214. The molecule has 22 heavy (non-hydrogen) atoms. The second kappa shape index (κ2) is 5.86. The number of ether oxygens (including phenoxy) is 1. The van der Waals surface area contributed by atoms with Crippen molar-refractivity contribution < 1.29 is 31.5 Å². The molecular weight excluding hydrogens is 334 g/mol. The van der Waals surface area contributed by atoms with E-state index in [4.69, 9.17) is 9.84 Å². The number of hydrogen-bond acceptors (Lipinski definition) is 6. The monoisotopic (exact) mass is 349 g/mol. The topological polar surface area (TPSA) is 127 Å². The van der Waals surface area contributed by atoms with E-state index in [0.717, 1.165) is 18.2 Å². The van der Waals surface area contributed by atoms with E-state index >= 15 is 0 Å². The van der Waals surface area contributed by atoms with Crippen molar-refractivity contribution in [2.45, 2.75) is 17.4 Å². The molecule has 8 nitrogen and oxygen atoms in total. The van der Waals surface area contributed by atoms with Crippen LogP contribution in [0.25, 0.3) is 0 Å². The fourth-order valence-corrected chi connectivity index (χ4v) is 5.26.